The molecule has 1 aromatic rings. The smallest absolute Gasteiger partial charge is 0.340 e. The Balaban J connectivity index is 2.77. The highest BCUT2D eigenvalue weighted by atomic mass is 35.5. The Morgan fingerprint density at radius 1 is 1.52 bits per heavy atom. The topological polar surface area (TPSA) is 91.0 Å². The number of benzene rings is 1. The van der Waals surface area contributed by atoms with Gasteiger partial charge in [-0.25, -0.2) is 4.79 Å². The van der Waals surface area contributed by atoms with Crippen LogP contribution in [0.4, 0.5) is 0 Å². The fourth-order valence-corrected chi connectivity index (χ4v) is 2.13. The molecule has 0 aliphatic rings. The third-order valence-corrected chi connectivity index (χ3v) is 3.68. The van der Waals surface area contributed by atoms with Gasteiger partial charge in [-0.05, 0) is 31.4 Å². The molecule has 0 bridgehead atoms. The van der Waals surface area contributed by atoms with Crippen molar-refractivity contribution in [2.75, 3.05) is 12.9 Å². The molecule has 0 fully saturated rings. The first-order chi connectivity index (χ1) is 9.90. The molecule has 5 nitrogen and oxygen atoms in total. The summed E-state index contributed by atoms with van der Waals surface area (Å²) in [7, 11) is 0. The minimum atomic E-state index is -1.19. The standard InChI is InChI=1S/C14H13ClN2O3S/c1-8(17)11(6-16)13(18)7-20-14(19)10-5-9(21-2)3-4-12(10)15/h3-5,11,17H,7H2,1-2H3. The summed E-state index contributed by atoms with van der Waals surface area (Å²) in [5.41, 5.74) is 0.0809. The molecular weight excluding hydrogens is 312 g/mol. The number of esters is 1. The van der Waals surface area contributed by atoms with Gasteiger partial charge in [0.1, 0.15) is 5.92 Å². The van der Waals surface area contributed by atoms with E-state index in [1.165, 1.54) is 18.7 Å². The molecule has 1 unspecified atom stereocenters. The summed E-state index contributed by atoms with van der Waals surface area (Å²) < 4.78 is 4.87. The van der Waals surface area contributed by atoms with E-state index in [9.17, 15) is 9.59 Å². The second-order valence-corrected chi connectivity index (χ2v) is 5.42. The first kappa shape index (κ1) is 17.2. The van der Waals surface area contributed by atoms with Crippen LogP contribution in [0.25, 0.3) is 0 Å². The van der Waals surface area contributed by atoms with Gasteiger partial charge >= 0.3 is 5.97 Å². The molecule has 1 rings (SSSR count). The number of thioether (sulfide) groups is 1. The molecule has 1 aromatic carbocycles. The minimum absolute atomic E-state index is 0.0824. The van der Waals surface area contributed by atoms with E-state index in [-0.39, 0.29) is 16.3 Å². The van der Waals surface area contributed by atoms with Crippen molar-refractivity contribution in [1.29, 1.82) is 10.7 Å². The monoisotopic (exact) mass is 324 g/mol. The van der Waals surface area contributed by atoms with E-state index in [2.05, 4.69) is 0 Å². The van der Waals surface area contributed by atoms with E-state index in [0.29, 0.717) is 0 Å². The number of nitrogens with zero attached hydrogens (tertiary/aromatic N) is 1. The third-order valence-electron chi connectivity index (χ3n) is 2.62. The summed E-state index contributed by atoms with van der Waals surface area (Å²) in [4.78, 5) is 24.4. The van der Waals surface area contributed by atoms with Crippen molar-refractivity contribution in [3.05, 3.63) is 28.8 Å². The van der Waals surface area contributed by atoms with Crippen LogP contribution in [0.2, 0.25) is 5.02 Å². The number of ether oxygens (including phenoxy) is 1. The van der Waals surface area contributed by atoms with Crippen LogP contribution in [0.15, 0.2) is 23.1 Å². The maximum absolute atomic E-state index is 11.9. The molecule has 0 amide bonds. The molecule has 21 heavy (non-hydrogen) atoms. The molecule has 1 N–H and O–H groups in total. The number of rotatable bonds is 6. The van der Waals surface area contributed by atoms with Gasteiger partial charge in [0, 0.05) is 10.6 Å². The first-order valence-electron chi connectivity index (χ1n) is 5.88. The van der Waals surface area contributed by atoms with Gasteiger partial charge in [0.05, 0.1) is 16.7 Å². The molecule has 0 heterocycles. The minimum Gasteiger partial charge on any atom is -0.454 e. The van der Waals surface area contributed by atoms with Crippen LogP contribution in [0.5, 0.6) is 0 Å². The van der Waals surface area contributed by atoms with Crippen LogP contribution in [-0.2, 0) is 9.53 Å². The number of halogens is 1. The van der Waals surface area contributed by atoms with Crippen LogP contribution in [0, 0.1) is 22.7 Å². The van der Waals surface area contributed by atoms with Gasteiger partial charge < -0.3 is 10.1 Å². The van der Waals surface area contributed by atoms with Crippen LogP contribution in [-0.4, -0.2) is 30.3 Å². The first-order valence-corrected chi connectivity index (χ1v) is 7.49. The molecule has 0 aromatic heterocycles. The second-order valence-electron chi connectivity index (χ2n) is 4.13. The zero-order valence-electron chi connectivity index (χ0n) is 11.5. The molecule has 7 heteroatoms. The fraction of sp³-hybridized carbons (Fsp3) is 0.286. The lowest BCUT2D eigenvalue weighted by atomic mass is 10.0. The molecule has 1 atom stereocenters. The predicted molar refractivity (Wildman–Crippen MR) is 81.0 cm³/mol. The molecular formula is C14H13ClN2O3S. The summed E-state index contributed by atoms with van der Waals surface area (Å²) in [5, 5.41) is 16.3. The number of ketones is 1. The summed E-state index contributed by atoms with van der Waals surface area (Å²) in [6.07, 6.45) is 1.85. The SMILES string of the molecule is CSc1ccc(Cl)c(C(=O)OCC(=O)C(C#N)C(C)=N)c1. The van der Waals surface area contributed by atoms with Gasteiger partial charge in [0.25, 0.3) is 0 Å². The summed E-state index contributed by atoms with van der Waals surface area (Å²) in [6, 6.07) is 6.61. The highest BCUT2D eigenvalue weighted by Gasteiger charge is 2.22. The van der Waals surface area contributed by atoms with Crippen LogP contribution in [0.1, 0.15) is 17.3 Å². The maximum Gasteiger partial charge on any atom is 0.340 e. The highest BCUT2D eigenvalue weighted by molar-refractivity contribution is 7.98. The van der Waals surface area contributed by atoms with Crippen molar-refractivity contribution in [1.82, 2.24) is 0 Å². The largest absolute Gasteiger partial charge is 0.454 e. The molecule has 110 valence electrons. The molecule has 0 saturated heterocycles. The van der Waals surface area contributed by atoms with Crippen molar-refractivity contribution in [2.45, 2.75) is 11.8 Å². The number of hydrogen-bond donors (Lipinski definition) is 1. The lowest BCUT2D eigenvalue weighted by Gasteiger charge is -2.09. The van der Waals surface area contributed by atoms with E-state index in [4.69, 9.17) is 27.0 Å². The van der Waals surface area contributed by atoms with Crippen LogP contribution in [0.3, 0.4) is 0 Å². The molecule has 0 aliphatic carbocycles. The predicted octanol–water partition coefficient (Wildman–Crippen LogP) is 2.97. The second kappa shape index (κ2) is 7.81. The average Bonchev–Trinajstić information content (AvgIpc) is 2.45. The van der Waals surface area contributed by atoms with Gasteiger partial charge in [-0.3, -0.25) is 4.79 Å². The summed E-state index contributed by atoms with van der Waals surface area (Å²) in [6.45, 7) is 0.791. The Hall–Kier alpha value is -1.84. The number of nitriles is 1. The quantitative estimate of drug-likeness (QED) is 0.493. The fourth-order valence-electron chi connectivity index (χ4n) is 1.50. The lowest BCUT2D eigenvalue weighted by molar-refractivity contribution is -0.122. The Morgan fingerprint density at radius 3 is 2.71 bits per heavy atom. The zero-order chi connectivity index (χ0) is 16.0. The van der Waals surface area contributed by atoms with Gasteiger partial charge in [-0.1, -0.05) is 11.6 Å². The van der Waals surface area contributed by atoms with E-state index >= 15 is 0 Å². The van der Waals surface area contributed by atoms with Crippen molar-refractivity contribution < 1.29 is 14.3 Å². The van der Waals surface area contributed by atoms with Crippen molar-refractivity contribution in [2.24, 2.45) is 5.92 Å². The molecule has 0 radical (unpaired) electrons. The van der Waals surface area contributed by atoms with Crippen LogP contribution < -0.4 is 0 Å². The molecule has 0 spiro atoms. The number of hydrogen-bond acceptors (Lipinski definition) is 6. The van der Waals surface area contributed by atoms with Crippen LogP contribution >= 0.6 is 23.4 Å². The normalized spacial score (nSPS) is 11.3. The van der Waals surface area contributed by atoms with E-state index in [1.54, 1.807) is 24.3 Å². The van der Waals surface area contributed by atoms with Gasteiger partial charge in [-0.15, -0.1) is 11.8 Å². The zero-order valence-corrected chi connectivity index (χ0v) is 13.0. The van der Waals surface area contributed by atoms with Gasteiger partial charge in [-0.2, -0.15) is 5.26 Å². The van der Waals surface area contributed by atoms with Crippen molar-refractivity contribution in [3.63, 3.8) is 0 Å². The van der Waals surface area contributed by atoms with Crippen molar-refractivity contribution in [3.8, 4) is 6.07 Å². The Morgan fingerprint density at radius 2 is 2.19 bits per heavy atom. The lowest BCUT2D eigenvalue weighted by Crippen LogP contribution is -2.25. The highest BCUT2D eigenvalue weighted by Crippen LogP contribution is 2.23. The maximum atomic E-state index is 11.9. The molecule has 0 aliphatic heterocycles. The third kappa shape index (κ3) is 4.59. The van der Waals surface area contributed by atoms with E-state index < -0.39 is 24.3 Å². The van der Waals surface area contributed by atoms with E-state index in [0.717, 1.165) is 4.90 Å². The Kier molecular flexibility index (Phi) is 6.40. The van der Waals surface area contributed by atoms with E-state index in [1.807, 2.05) is 6.26 Å². The average molecular weight is 325 g/mol. The Bertz CT molecular complexity index is 625. The molecule has 0 saturated carbocycles. The Labute approximate surface area is 131 Å². The number of carbonyl (C=O) groups excluding carboxylic acids is 2. The number of Topliss-reactive ketones (excluding diaryl/α,β-unsaturated/α-hetero) is 1. The number of nitrogens with one attached hydrogen (secondary N) is 1. The van der Waals surface area contributed by atoms with Gasteiger partial charge in [0.15, 0.2) is 12.4 Å². The summed E-state index contributed by atoms with van der Waals surface area (Å²) in [5.74, 6) is -2.55. The summed E-state index contributed by atoms with van der Waals surface area (Å²) >= 11 is 7.36. The van der Waals surface area contributed by atoms with Gasteiger partial charge in [0.2, 0.25) is 0 Å². The van der Waals surface area contributed by atoms with Crippen molar-refractivity contribution >= 4 is 40.8 Å². The number of carbonyl (C=O) groups is 2.